The summed E-state index contributed by atoms with van der Waals surface area (Å²) in [5.41, 5.74) is 0.577. The summed E-state index contributed by atoms with van der Waals surface area (Å²) in [5, 5.41) is 0. The second-order valence-corrected chi connectivity index (χ2v) is 4.31. The molecule has 4 nitrogen and oxygen atoms in total. The van der Waals surface area contributed by atoms with Gasteiger partial charge in [0.2, 0.25) is 0 Å². The van der Waals surface area contributed by atoms with Crippen LogP contribution < -0.4 is 0 Å². The first-order valence-corrected chi connectivity index (χ1v) is 6.50. The highest BCUT2D eigenvalue weighted by Gasteiger charge is 2.27. The summed E-state index contributed by atoms with van der Waals surface area (Å²) < 4.78 is 10.3. The van der Waals surface area contributed by atoms with Gasteiger partial charge in [0.15, 0.2) is 5.78 Å². The lowest BCUT2D eigenvalue weighted by molar-refractivity contribution is -0.145. The van der Waals surface area contributed by atoms with E-state index in [2.05, 4.69) is 0 Å². The highest BCUT2D eigenvalue weighted by Crippen LogP contribution is 2.24. The van der Waals surface area contributed by atoms with Crippen LogP contribution in [-0.2, 0) is 9.53 Å². The minimum atomic E-state index is -0.697. The number of carbonyl (C=O) groups excluding carboxylic acids is 2. The van der Waals surface area contributed by atoms with Crippen molar-refractivity contribution < 1.29 is 18.7 Å². The first-order valence-electron chi connectivity index (χ1n) is 6.50. The van der Waals surface area contributed by atoms with Crippen LogP contribution in [-0.4, -0.2) is 18.4 Å². The van der Waals surface area contributed by atoms with Gasteiger partial charge < -0.3 is 9.15 Å². The summed E-state index contributed by atoms with van der Waals surface area (Å²) in [4.78, 5) is 24.2. The number of ether oxygens (including phenoxy) is 1. The smallest absolute Gasteiger partial charge is 0.317 e. The van der Waals surface area contributed by atoms with Gasteiger partial charge in [-0.15, -0.1) is 0 Å². The predicted molar refractivity (Wildman–Crippen MR) is 73.5 cm³/mol. The van der Waals surface area contributed by atoms with Crippen LogP contribution in [0.15, 0.2) is 53.1 Å². The number of ketones is 1. The largest absolute Gasteiger partial charge is 0.468 e. The molecule has 0 saturated carbocycles. The topological polar surface area (TPSA) is 56.5 Å². The predicted octanol–water partition coefficient (Wildman–Crippen LogP) is 3.20. The number of Topliss-reactive ketones (excluding diaryl/α,β-unsaturated/α-hetero) is 1. The van der Waals surface area contributed by atoms with Crippen LogP contribution in [0.25, 0.3) is 0 Å². The van der Waals surface area contributed by atoms with Gasteiger partial charge in [0.25, 0.3) is 0 Å². The maximum atomic E-state index is 12.2. The standard InChI is InChI=1S/C16H16O4/c1-2-19-16(18)13(15-9-6-10-20-15)11-14(17)12-7-4-3-5-8-12/h3-10,13H,2,11H2,1H3. The molecule has 0 radical (unpaired) electrons. The normalized spacial score (nSPS) is 11.8. The van der Waals surface area contributed by atoms with E-state index >= 15 is 0 Å². The lowest BCUT2D eigenvalue weighted by Gasteiger charge is -2.12. The molecular formula is C16H16O4. The van der Waals surface area contributed by atoms with Crippen molar-refractivity contribution in [2.45, 2.75) is 19.3 Å². The first kappa shape index (κ1) is 14.1. The second-order valence-electron chi connectivity index (χ2n) is 4.31. The van der Waals surface area contributed by atoms with Gasteiger partial charge in [-0.3, -0.25) is 9.59 Å². The third kappa shape index (κ3) is 3.35. The Morgan fingerprint density at radius 1 is 1.15 bits per heavy atom. The molecule has 1 unspecified atom stereocenters. The first-order chi connectivity index (χ1) is 9.72. The maximum Gasteiger partial charge on any atom is 0.317 e. The third-order valence-corrected chi connectivity index (χ3v) is 2.94. The lowest BCUT2D eigenvalue weighted by atomic mass is 9.96. The van der Waals surface area contributed by atoms with E-state index in [1.165, 1.54) is 6.26 Å². The van der Waals surface area contributed by atoms with Gasteiger partial charge in [0.1, 0.15) is 11.7 Å². The summed E-state index contributed by atoms with van der Waals surface area (Å²) in [6.45, 7) is 2.01. The van der Waals surface area contributed by atoms with Crippen molar-refractivity contribution in [2.24, 2.45) is 0 Å². The van der Waals surface area contributed by atoms with Crippen LogP contribution >= 0.6 is 0 Å². The Balaban J connectivity index is 2.16. The molecule has 2 aromatic rings. The number of benzene rings is 1. The summed E-state index contributed by atoms with van der Waals surface area (Å²) in [6, 6.07) is 12.2. The fraction of sp³-hybridized carbons (Fsp3) is 0.250. The minimum Gasteiger partial charge on any atom is -0.468 e. The van der Waals surface area contributed by atoms with Crippen molar-refractivity contribution in [2.75, 3.05) is 6.61 Å². The molecule has 104 valence electrons. The number of hydrogen-bond donors (Lipinski definition) is 0. The molecule has 4 heteroatoms. The van der Waals surface area contributed by atoms with Crippen molar-refractivity contribution in [1.29, 1.82) is 0 Å². The highest BCUT2D eigenvalue weighted by molar-refractivity contribution is 5.99. The van der Waals surface area contributed by atoms with Crippen molar-refractivity contribution in [3.63, 3.8) is 0 Å². The van der Waals surface area contributed by atoms with Gasteiger partial charge in [-0.2, -0.15) is 0 Å². The van der Waals surface area contributed by atoms with Crippen molar-refractivity contribution in [1.82, 2.24) is 0 Å². The van der Waals surface area contributed by atoms with Gasteiger partial charge in [-0.1, -0.05) is 30.3 Å². The average Bonchev–Trinajstić information content (AvgIpc) is 2.99. The Kier molecular flexibility index (Phi) is 4.71. The monoisotopic (exact) mass is 272 g/mol. The van der Waals surface area contributed by atoms with E-state index in [-0.39, 0.29) is 18.8 Å². The zero-order valence-corrected chi connectivity index (χ0v) is 11.2. The summed E-state index contributed by atoms with van der Waals surface area (Å²) in [7, 11) is 0. The summed E-state index contributed by atoms with van der Waals surface area (Å²) >= 11 is 0. The molecule has 0 aliphatic carbocycles. The van der Waals surface area contributed by atoms with E-state index in [0.29, 0.717) is 11.3 Å². The molecule has 0 amide bonds. The van der Waals surface area contributed by atoms with Crippen molar-refractivity contribution >= 4 is 11.8 Å². The maximum absolute atomic E-state index is 12.2. The minimum absolute atomic E-state index is 0.0381. The molecule has 0 spiro atoms. The molecule has 0 aliphatic rings. The number of carbonyl (C=O) groups is 2. The Hall–Kier alpha value is -2.36. The van der Waals surface area contributed by atoms with Crippen molar-refractivity contribution in [3.05, 3.63) is 60.1 Å². The quantitative estimate of drug-likeness (QED) is 0.598. The van der Waals surface area contributed by atoms with Gasteiger partial charge in [-0.25, -0.2) is 0 Å². The molecule has 1 aromatic heterocycles. The van der Waals surface area contributed by atoms with Gasteiger partial charge in [0, 0.05) is 12.0 Å². The van der Waals surface area contributed by atoms with Gasteiger partial charge >= 0.3 is 5.97 Å². The third-order valence-electron chi connectivity index (χ3n) is 2.94. The molecule has 0 fully saturated rings. The Morgan fingerprint density at radius 3 is 2.50 bits per heavy atom. The molecule has 0 N–H and O–H groups in total. The molecule has 0 saturated heterocycles. The molecule has 1 atom stereocenters. The average molecular weight is 272 g/mol. The van der Waals surface area contributed by atoms with E-state index in [0.717, 1.165) is 0 Å². The number of rotatable bonds is 6. The highest BCUT2D eigenvalue weighted by atomic mass is 16.5. The molecule has 20 heavy (non-hydrogen) atoms. The molecule has 1 heterocycles. The van der Waals surface area contributed by atoms with E-state index in [1.807, 2.05) is 6.07 Å². The summed E-state index contributed by atoms with van der Waals surface area (Å²) in [6.07, 6.45) is 1.52. The van der Waals surface area contributed by atoms with Crippen LogP contribution in [0.1, 0.15) is 35.4 Å². The zero-order chi connectivity index (χ0) is 14.4. The van der Waals surface area contributed by atoms with Crippen LogP contribution in [0.3, 0.4) is 0 Å². The molecule has 1 aromatic carbocycles. The Labute approximate surface area is 117 Å². The SMILES string of the molecule is CCOC(=O)C(CC(=O)c1ccccc1)c1ccco1. The zero-order valence-electron chi connectivity index (χ0n) is 11.2. The fourth-order valence-corrected chi connectivity index (χ4v) is 1.96. The number of esters is 1. The van der Waals surface area contributed by atoms with E-state index < -0.39 is 11.9 Å². The van der Waals surface area contributed by atoms with Crippen LogP contribution in [0.5, 0.6) is 0 Å². The number of furan rings is 1. The van der Waals surface area contributed by atoms with Crippen LogP contribution in [0.2, 0.25) is 0 Å². The molecule has 0 aliphatic heterocycles. The van der Waals surface area contributed by atoms with Gasteiger partial charge in [-0.05, 0) is 19.1 Å². The molecule has 0 bridgehead atoms. The van der Waals surface area contributed by atoms with Crippen LogP contribution in [0.4, 0.5) is 0 Å². The summed E-state index contributed by atoms with van der Waals surface area (Å²) in [5.74, 6) is -0.794. The van der Waals surface area contributed by atoms with E-state index in [4.69, 9.17) is 9.15 Å². The Bertz CT molecular complexity index is 557. The molecular weight excluding hydrogens is 256 g/mol. The van der Waals surface area contributed by atoms with E-state index in [9.17, 15) is 9.59 Å². The van der Waals surface area contributed by atoms with Gasteiger partial charge in [0.05, 0.1) is 12.9 Å². The van der Waals surface area contributed by atoms with Crippen molar-refractivity contribution in [3.8, 4) is 0 Å². The fourth-order valence-electron chi connectivity index (χ4n) is 1.96. The Morgan fingerprint density at radius 2 is 1.90 bits per heavy atom. The molecule has 2 rings (SSSR count). The lowest BCUT2D eigenvalue weighted by Crippen LogP contribution is -2.19. The number of hydrogen-bond acceptors (Lipinski definition) is 4. The van der Waals surface area contributed by atoms with Crippen LogP contribution in [0, 0.1) is 0 Å². The second kappa shape index (κ2) is 6.70. The van der Waals surface area contributed by atoms with E-state index in [1.54, 1.807) is 43.3 Å².